The third-order valence-electron chi connectivity index (χ3n) is 4.32. The third kappa shape index (κ3) is 5.19. The molecule has 0 bridgehead atoms. The highest BCUT2D eigenvalue weighted by Gasteiger charge is 2.14. The van der Waals surface area contributed by atoms with Crippen molar-refractivity contribution in [2.75, 3.05) is 7.11 Å². The van der Waals surface area contributed by atoms with Crippen molar-refractivity contribution in [3.63, 3.8) is 0 Å². The molecule has 0 aliphatic rings. The molecule has 2 heterocycles. The Morgan fingerprint density at radius 2 is 1.90 bits per heavy atom. The number of hydrogen-bond donors (Lipinski definition) is 1. The van der Waals surface area contributed by atoms with Crippen LogP contribution in [-0.4, -0.2) is 33.1 Å². The average Bonchev–Trinajstić information content (AvgIpc) is 2.74. The molecule has 3 aromatic rings. The van der Waals surface area contributed by atoms with Gasteiger partial charge in [-0.3, -0.25) is 0 Å². The van der Waals surface area contributed by atoms with Gasteiger partial charge in [0.1, 0.15) is 0 Å². The van der Waals surface area contributed by atoms with Gasteiger partial charge in [-0.15, -0.1) is 0 Å². The zero-order valence-electron chi connectivity index (χ0n) is 16.7. The fourth-order valence-electron chi connectivity index (χ4n) is 2.82. The molecule has 0 spiro atoms. The van der Waals surface area contributed by atoms with Crippen LogP contribution in [0, 0.1) is 0 Å². The molecule has 29 heavy (non-hydrogen) atoms. The molecular formula is C21H24ClN5O2. The number of benzene rings is 1. The number of nitrogens with two attached hydrogens (primary N) is 1. The fourth-order valence-corrected chi connectivity index (χ4v) is 3.02. The van der Waals surface area contributed by atoms with Crippen molar-refractivity contribution in [1.29, 1.82) is 0 Å². The van der Waals surface area contributed by atoms with Gasteiger partial charge in [0.15, 0.2) is 11.6 Å². The molecule has 0 saturated heterocycles. The van der Waals surface area contributed by atoms with E-state index >= 15 is 0 Å². The summed E-state index contributed by atoms with van der Waals surface area (Å²) in [5.74, 6) is 1.40. The van der Waals surface area contributed by atoms with E-state index in [9.17, 15) is 0 Å². The number of pyridine rings is 1. The maximum atomic E-state index is 6.37. The van der Waals surface area contributed by atoms with Crippen molar-refractivity contribution in [2.24, 2.45) is 5.73 Å². The number of ether oxygens (including phenoxy) is 2. The number of nitrogens with zero attached hydrogens (tertiary/aromatic N) is 4. The van der Waals surface area contributed by atoms with E-state index in [2.05, 4.69) is 26.9 Å². The van der Waals surface area contributed by atoms with E-state index in [1.165, 1.54) is 7.11 Å². The highest BCUT2D eigenvalue weighted by Crippen LogP contribution is 2.29. The lowest BCUT2D eigenvalue weighted by Gasteiger charge is -2.13. The Morgan fingerprint density at radius 3 is 2.55 bits per heavy atom. The largest absolute Gasteiger partial charge is 0.475 e. The van der Waals surface area contributed by atoms with Crippen molar-refractivity contribution in [3.05, 3.63) is 47.1 Å². The van der Waals surface area contributed by atoms with Crippen LogP contribution in [0.2, 0.25) is 5.02 Å². The first-order valence-corrected chi connectivity index (χ1v) is 9.83. The zero-order chi connectivity index (χ0) is 20.8. The van der Waals surface area contributed by atoms with E-state index in [0.29, 0.717) is 40.2 Å². The minimum Gasteiger partial charge on any atom is -0.475 e. The Bertz CT molecular complexity index is 966. The molecule has 0 saturated carbocycles. The molecule has 1 aromatic carbocycles. The predicted molar refractivity (Wildman–Crippen MR) is 113 cm³/mol. The number of halogens is 1. The van der Waals surface area contributed by atoms with Crippen molar-refractivity contribution in [1.82, 2.24) is 19.9 Å². The Morgan fingerprint density at radius 1 is 1.10 bits per heavy atom. The lowest BCUT2D eigenvalue weighted by Crippen LogP contribution is -2.11. The molecule has 0 radical (unpaired) electrons. The molecular weight excluding hydrogens is 390 g/mol. The summed E-state index contributed by atoms with van der Waals surface area (Å²) in [6, 6.07) is 9.37. The molecule has 0 amide bonds. The van der Waals surface area contributed by atoms with Gasteiger partial charge in [0.25, 0.3) is 0 Å². The standard InChI is InChI=1S/C21H24ClN5O2/c1-4-5-13(2)29-18-9-7-15(12-24-18)19-25-20(27-21(26-19)28-3)16-10-14(11-23)6-8-17(16)22/h6-10,12-13H,4-5,11,23H2,1-3H3/t13-/m1/s1. The van der Waals surface area contributed by atoms with Gasteiger partial charge in [-0.2, -0.15) is 9.97 Å². The number of rotatable bonds is 8. The van der Waals surface area contributed by atoms with Crippen LogP contribution in [0.15, 0.2) is 36.5 Å². The van der Waals surface area contributed by atoms with E-state index in [1.807, 2.05) is 25.1 Å². The van der Waals surface area contributed by atoms with Gasteiger partial charge in [0.05, 0.1) is 18.2 Å². The van der Waals surface area contributed by atoms with Crippen LogP contribution in [-0.2, 0) is 6.54 Å². The normalized spacial score (nSPS) is 11.9. The van der Waals surface area contributed by atoms with Gasteiger partial charge >= 0.3 is 6.01 Å². The van der Waals surface area contributed by atoms with E-state index in [0.717, 1.165) is 18.4 Å². The van der Waals surface area contributed by atoms with Gasteiger partial charge in [-0.05, 0) is 37.1 Å². The summed E-state index contributed by atoms with van der Waals surface area (Å²) < 4.78 is 11.1. The monoisotopic (exact) mass is 413 g/mol. The highest BCUT2D eigenvalue weighted by atomic mass is 35.5. The van der Waals surface area contributed by atoms with Crippen molar-refractivity contribution in [2.45, 2.75) is 39.3 Å². The Kier molecular flexibility index (Phi) is 6.95. The SMILES string of the molecule is CCC[C@@H](C)Oc1ccc(-c2nc(OC)nc(-c3cc(CN)ccc3Cl)n2)cn1. The Balaban J connectivity index is 1.95. The molecule has 0 fully saturated rings. The summed E-state index contributed by atoms with van der Waals surface area (Å²) in [5.41, 5.74) is 8.06. The van der Waals surface area contributed by atoms with Crippen molar-refractivity contribution < 1.29 is 9.47 Å². The smallest absolute Gasteiger partial charge is 0.320 e. The van der Waals surface area contributed by atoms with Gasteiger partial charge < -0.3 is 15.2 Å². The summed E-state index contributed by atoms with van der Waals surface area (Å²) in [6.45, 7) is 4.54. The molecule has 0 aliphatic carbocycles. The topological polar surface area (TPSA) is 96.0 Å². The number of hydrogen-bond acceptors (Lipinski definition) is 7. The fraction of sp³-hybridized carbons (Fsp3) is 0.333. The first-order valence-electron chi connectivity index (χ1n) is 9.46. The molecule has 0 aliphatic heterocycles. The minimum absolute atomic E-state index is 0.110. The maximum Gasteiger partial charge on any atom is 0.320 e. The zero-order valence-corrected chi connectivity index (χ0v) is 17.5. The molecule has 2 aromatic heterocycles. The van der Waals surface area contributed by atoms with E-state index < -0.39 is 0 Å². The average molecular weight is 414 g/mol. The summed E-state index contributed by atoms with van der Waals surface area (Å²) >= 11 is 6.37. The second-order valence-corrected chi connectivity index (χ2v) is 7.00. The van der Waals surface area contributed by atoms with E-state index in [-0.39, 0.29) is 12.1 Å². The van der Waals surface area contributed by atoms with Crippen molar-refractivity contribution in [3.8, 4) is 34.7 Å². The molecule has 0 unspecified atom stereocenters. The molecule has 1 atom stereocenters. The second-order valence-electron chi connectivity index (χ2n) is 6.59. The summed E-state index contributed by atoms with van der Waals surface area (Å²) in [5, 5.41) is 0.521. The Hall–Kier alpha value is -2.77. The summed E-state index contributed by atoms with van der Waals surface area (Å²) in [6.07, 6.45) is 3.81. The van der Waals surface area contributed by atoms with Crippen LogP contribution in [0.5, 0.6) is 11.9 Å². The molecule has 152 valence electrons. The lowest BCUT2D eigenvalue weighted by atomic mass is 10.1. The number of aromatic nitrogens is 4. The van der Waals surface area contributed by atoms with Crippen molar-refractivity contribution >= 4 is 11.6 Å². The Labute approximate surface area is 175 Å². The van der Waals surface area contributed by atoms with Gasteiger partial charge in [-0.25, -0.2) is 9.97 Å². The third-order valence-corrected chi connectivity index (χ3v) is 4.65. The van der Waals surface area contributed by atoms with E-state index in [1.54, 1.807) is 18.3 Å². The lowest BCUT2D eigenvalue weighted by molar-refractivity contribution is 0.201. The summed E-state index contributed by atoms with van der Waals surface area (Å²) in [4.78, 5) is 17.6. The first kappa shape index (κ1) is 21.0. The molecule has 7 nitrogen and oxygen atoms in total. The highest BCUT2D eigenvalue weighted by molar-refractivity contribution is 6.33. The molecule has 8 heteroatoms. The van der Waals surface area contributed by atoms with Gasteiger partial charge in [-0.1, -0.05) is 31.0 Å². The predicted octanol–water partition coefficient (Wildman–Crippen LogP) is 4.29. The van der Waals surface area contributed by atoms with Crippen LogP contribution in [0.4, 0.5) is 0 Å². The molecule has 2 N–H and O–H groups in total. The van der Waals surface area contributed by atoms with Crippen LogP contribution >= 0.6 is 11.6 Å². The quantitative estimate of drug-likeness (QED) is 0.588. The van der Waals surface area contributed by atoms with Crippen LogP contribution in [0.1, 0.15) is 32.3 Å². The van der Waals surface area contributed by atoms with Crippen LogP contribution in [0.3, 0.4) is 0 Å². The first-order chi connectivity index (χ1) is 14.0. The number of methoxy groups -OCH3 is 1. The maximum absolute atomic E-state index is 6.37. The van der Waals surface area contributed by atoms with E-state index in [4.69, 9.17) is 26.8 Å². The second kappa shape index (κ2) is 9.62. The summed E-state index contributed by atoms with van der Waals surface area (Å²) in [7, 11) is 1.51. The minimum atomic E-state index is 0.110. The van der Waals surface area contributed by atoms with Crippen LogP contribution in [0.25, 0.3) is 22.8 Å². The van der Waals surface area contributed by atoms with Crippen LogP contribution < -0.4 is 15.2 Å². The van der Waals surface area contributed by atoms with Gasteiger partial charge in [0, 0.05) is 29.9 Å². The van der Waals surface area contributed by atoms with Gasteiger partial charge in [0.2, 0.25) is 5.88 Å². The molecule has 3 rings (SSSR count).